The predicted octanol–water partition coefficient (Wildman–Crippen LogP) is 1.30. The smallest absolute Gasteiger partial charge is 0.324 e. The minimum absolute atomic E-state index is 0.0394. The van der Waals surface area contributed by atoms with E-state index in [1.807, 2.05) is 37.0 Å². The van der Waals surface area contributed by atoms with Gasteiger partial charge in [-0.3, -0.25) is 9.58 Å². The normalized spacial score (nSPS) is 21.2. The minimum Gasteiger partial charge on any atom is -0.353 e. The fraction of sp³-hybridized carbons (Fsp3) is 0.500. The number of aromatic nitrogens is 4. The summed E-state index contributed by atoms with van der Waals surface area (Å²) in [5.41, 5.74) is 1.80. The Kier molecular flexibility index (Phi) is 3.59. The van der Waals surface area contributed by atoms with Gasteiger partial charge in [0.05, 0.1) is 23.6 Å². The lowest BCUT2D eigenvalue weighted by molar-refractivity contribution is 0.229. The molecule has 2 aliphatic rings. The molecular weight excluding hydrogens is 306 g/mol. The number of likely N-dealkylation sites (N-methyl/N-ethyl adjacent to an activating group) is 1. The van der Waals surface area contributed by atoms with Crippen molar-refractivity contribution in [1.82, 2.24) is 24.9 Å². The summed E-state index contributed by atoms with van der Waals surface area (Å²) in [6, 6.07) is 4.32. The molecule has 1 unspecified atom stereocenters. The van der Waals surface area contributed by atoms with Crippen molar-refractivity contribution in [3.63, 3.8) is 0 Å². The van der Waals surface area contributed by atoms with Gasteiger partial charge in [-0.2, -0.15) is 10.2 Å². The van der Waals surface area contributed by atoms with Crippen molar-refractivity contribution in [2.24, 2.45) is 0 Å². The maximum atomic E-state index is 12.1. The number of carbonyl (C=O) groups excluding carboxylic acids is 1. The minimum atomic E-state index is 0.0394. The highest BCUT2D eigenvalue weighted by Gasteiger charge is 2.30. The van der Waals surface area contributed by atoms with E-state index in [1.54, 1.807) is 16.0 Å². The zero-order chi connectivity index (χ0) is 16.7. The Bertz CT molecular complexity index is 741. The molecule has 126 valence electrons. The third kappa shape index (κ3) is 2.57. The van der Waals surface area contributed by atoms with Crippen molar-refractivity contribution in [1.29, 1.82) is 0 Å². The van der Waals surface area contributed by atoms with Crippen molar-refractivity contribution in [3.8, 4) is 0 Å². The number of amides is 2. The molecule has 2 saturated heterocycles. The number of nitrogens with zero attached hydrogens (tertiary/aromatic N) is 7. The monoisotopic (exact) mass is 327 g/mol. The van der Waals surface area contributed by atoms with Gasteiger partial charge in [-0.25, -0.2) is 4.79 Å². The third-order valence-electron chi connectivity index (χ3n) is 4.76. The fourth-order valence-corrected chi connectivity index (χ4v) is 3.28. The Labute approximate surface area is 140 Å². The molecule has 0 N–H and O–H groups in total. The Hall–Kier alpha value is -2.64. The van der Waals surface area contributed by atoms with E-state index in [0.29, 0.717) is 0 Å². The van der Waals surface area contributed by atoms with Gasteiger partial charge in [0.1, 0.15) is 0 Å². The number of hydrogen-bond donors (Lipinski definition) is 0. The van der Waals surface area contributed by atoms with E-state index in [-0.39, 0.29) is 12.1 Å². The molecular formula is C16H21N7O. The molecule has 4 heterocycles. The van der Waals surface area contributed by atoms with Crippen LogP contribution in [0.1, 0.15) is 18.2 Å². The lowest BCUT2D eigenvalue weighted by Crippen LogP contribution is -2.28. The SMILES string of the molecule is Cc1ccc(N2CCC(n3cc(N4CCN(C)C4=O)cn3)C2)nn1. The average Bonchev–Trinajstić information content (AvgIpc) is 3.29. The van der Waals surface area contributed by atoms with E-state index < -0.39 is 0 Å². The zero-order valence-corrected chi connectivity index (χ0v) is 14.0. The Morgan fingerprint density at radius 3 is 2.75 bits per heavy atom. The molecule has 8 nitrogen and oxygen atoms in total. The van der Waals surface area contributed by atoms with Crippen LogP contribution in [0.2, 0.25) is 0 Å². The summed E-state index contributed by atoms with van der Waals surface area (Å²) in [4.78, 5) is 17.8. The van der Waals surface area contributed by atoms with Gasteiger partial charge < -0.3 is 9.80 Å². The van der Waals surface area contributed by atoms with Crippen molar-refractivity contribution >= 4 is 17.5 Å². The van der Waals surface area contributed by atoms with Crippen LogP contribution in [0.5, 0.6) is 0 Å². The molecule has 0 aliphatic carbocycles. The fourth-order valence-electron chi connectivity index (χ4n) is 3.28. The summed E-state index contributed by atoms with van der Waals surface area (Å²) >= 11 is 0. The first-order valence-corrected chi connectivity index (χ1v) is 8.24. The van der Waals surface area contributed by atoms with Crippen LogP contribution in [0.3, 0.4) is 0 Å². The van der Waals surface area contributed by atoms with Gasteiger partial charge in [0.15, 0.2) is 5.82 Å². The van der Waals surface area contributed by atoms with Crippen LogP contribution in [0.15, 0.2) is 24.5 Å². The van der Waals surface area contributed by atoms with E-state index >= 15 is 0 Å². The number of carbonyl (C=O) groups is 1. The molecule has 2 aromatic heterocycles. The quantitative estimate of drug-likeness (QED) is 0.850. The molecule has 1 atom stereocenters. The van der Waals surface area contributed by atoms with Crippen LogP contribution in [-0.4, -0.2) is 64.1 Å². The molecule has 24 heavy (non-hydrogen) atoms. The number of urea groups is 1. The van der Waals surface area contributed by atoms with E-state index in [9.17, 15) is 4.79 Å². The molecule has 0 spiro atoms. The molecule has 2 aromatic rings. The second-order valence-corrected chi connectivity index (χ2v) is 6.46. The molecule has 8 heteroatoms. The summed E-state index contributed by atoms with van der Waals surface area (Å²) in [5.74, 6) is 0.909. The number of rotatable bonds is 3. The van der Waals surface area contributed by atoms with Crippen molar-refractivity contribution < 1.29 is 4.79 Å². The molecule has 0 saturated carbocycles. The van der Waals surface area contributed by atoms with Crippen molar-refractivity contribution in [2.45, 2.75) is 19.4 Å². The topological polar surface area (TPSA) is 70.4 Å². The number of aryl methyl sites for hydroxylation is 1. The highest BCUT2D eigenvalue weighted by atomic mass is 16.2. The van der Waals surface area contributed by atoms with Gasteiger partial charge in [-0.05, 0) is 25.5 Å². The third-order valence-corrected chi connectivity index (χ3v) is 4.76. The lowest BCUT2D eigenvalue weighted by atomic mass is 10.3. The molecule has 0 radical (unpaired) electrons. The van der Waals surface area contributed by atoms with Gasteiger partial charge in [-0.15, -0.1) is 5.10 Å². The van der Waals surface area contributed by atoms with Crippen molar-refractivity contribution in [3.05, 3.63) is 30.2 Å². The molecule has 2 amide bonds. The molecule has 0 bridgehead atoms. The summed E-state index contributed by atoms with van der Waals surface area (Å²) in [6.07, 6.45) is 4.77. The first kappa shape index (κ1) is 14.9. The molecule has 2 fully saturated rings. The average molecular weight is 327 g/mol. The van der Waals surface area contributed by atoms with Gasteiger partial charge in [-0.1, -0.05) is 0 Å². The molecule has 4 rings (SSSR count). The lowest BCUT2D eigenvalue weighted by Gasteiger charge is -2.17. The predicted molar refractivity (Wildman–Crippen MR) is 90.2 cm³/mol. The summed E-state index contributed by atoms with van der Waals surface area (Å²) in [7, 11) is 1.82. The van der Waals surface area contributed by atoms with Gasteiger partial charge in [0, 0.05) is 39.4 Å². The highest BCUT2D eigenvalue weighted by Crippen LogP contribution is 2.27. The summed E-state index contributed by atoms with van der Waals surface area (Å²) < 4.78 is 1.97. The zero-order valence-electron chi connectivity index (χ0n) is 14.0. The standard InChI is InChI=1S/C16H21N7O/c1-12-3-4-15(19-18-12)21-6-5-13(10-21)23-11-14(9-17-23)22-8-7-20(2)16(22)24/h3-4,9,11,13H,5-8,10H2,1-2H3. The second kappa shape index (κ2) is 5.77. The van der Waals surface area contributed by atoms with Crippen LogP contribution in [0, 0.1) is 6.92 Å². The summed E-state index contributed by atoms with van der Waals surface area (Å²) in [6.45, 7) is 5.20. The maximum Gasteiger partial charge on any atom is 0.324 e. The number of anilines is 2. The van der Waals surface area contributed by atoms with Gasteiger partial charge >= 0.3 is 6.03 Å². The first-order valence-electron chi connectivity index (χ1n) is 8.24. The van der Waals surface area contributed by atoms with Crippen LogP contribution < -0.4 is 9.80 Å². The van der Waals surface area contributed by atoms with Crippen LogP contribution in [0.25, 0.3) is 0 Å². The van der Waals surface area contributed by atoms with E-state index in [1.165, 1.54) is 0 Å². The summed E-state index contributed by atoms with van der Waals surface area (Å²) in [5, 5.41) is 12.9. The Morgan fingerprint density at radius 2 is 2.04 bits per heavy atom. The maximum absolute atomic E-state index is 12.1. The largest absolute Gasteiger partial charge is 0.353 e. The van der Waals surface area contributed by atoms with Crippen LogP contribution >= 0.6 is 0 Å². The van der Waals surface area contributed by atoms with E-state index in [2.05, 4.69) is 20.2 Å². The van der Waals surface area contributed by atoms with E-state index in [0.717, 1.165) is 49.8 Å². The van der Waals surface area contributed by atoms with Gasteiger partial charge in [0.2, 0.25) is 0 Å². The molecule has 0 aromatic carbocycles. The number of hydrogen-bond acceptors (Lipinski definition) is 5. The van der Waals surface area contributed by atoms with Crippen molar-refractivity contribution in [2.75, 3.05) is 43.0 Å². The Balaban J connectivity index is 1.46. The van der Waals surface area contributed by atoms with E-state index in [4.69, 9.17) is 0 Å². The second-order valence-electron chi connectivity index (χ2n) is 6.46. The molecule has 2 aliphatic heterocycles. The Morgan fingerprint density at radius 1 is 1.17 bits per heavy atom. The van der Waals surface area contributed by atoms with Crippen LogP contribution in [0.4, 0.5) is 16.3 Å². The van der Waals surface area contributed by atoms with Crippen LogP contribution in [-0.2, 0) is 0 Å². The van der Waals surface area contributed by atoms with Gasteiger partial charge in [0.25, 0.3) is 0 Å². The first-order chi connectivity index (χ1) is 11.6. The highest BCUT2D eigenvalue weighted by molar-refractivity contribution is 5.93.